The first-order valence-corrected chi connectivity index (χ1v) is 20.1. The Balaban J connectivity index is 2.03. The monoisotopic (exact) mass is 686 g/mol. The van der Waals surface area contributed by atoms with Crippen LogP contribution < -0.4 is 0 Å². The number of allylic oxidation sites excluding steroid dienone is 3. The molecule has 0 aliphatic heterocycles. The first-order chi connectivity index (χ1) is 23.5. The van der Waals surface area contributed by atoms with Crippen LogP contribution >= 0.6 is 6.89 Å². The molecule has 3 aromatic rings. The molecule has 0 saturated heterocycles. The maximum atomic E-state index is 15.2. The van der Waals surface area contributed by atoms with Gasteiger partial charge in [0.05, 0.1) is 7.11 Å². The van der Waals surface area contributed by atoms with Gasteiger partial charge in [-0.3, -0.25) is 4.79 Å². The number of halogens is 2. The zero-order chi connectivity index (χ0) is 35.3. The molecule has 5 rings (SSSR count). The van der Waals surface area contributed by atoms with E-state index in [9.17, 15) is 18.7 Å². The fourth-order valence-corrected chi connectivity index (χ4v) is 13.3. The smallest absolute Gasteiger partial charge is 0.342 e. The van der Waals surface area contributed by atoms with Crippen molar-refractivity contribution in [1.29, 1.82) is 0 Å². The van der Waals surface area contributed by atoms with E-state index in [4.69, 9.17) is 4.74 Å². The van der Waals surface area contributed by atoms with Crippen molar-refractivity contribution in [2.75, 3.05) is 25.6 Å². The molecule has 2 aliphatic rings. The number of esters is 1. The maximum Gasteiger partial charge on any atom is 0.342 e. The van der Waals surface area contributed by atoms with Gasteiger partial charge in [-0.1, -0.05) is 88.9 Å². The van der Waals surface area contributed by atoms with E-state index in [1.807, 2.05) is 31.2 Å². The van der Waals surface area contributed by atoms with Crippen LogP contribution in [0.3, 0.4) is 0 Å². The molecule has 3 aromatic carbocycles. The number of aryl methyl sites for hydroxylation is 1. The maximum absolute atomic E-state index is 15.2. The summed E-state index contributed by atoms with van der Waals surface area (Å²) in [6.07, 6.45) is 8.39. The van der Waals surface area contributed by atoms with Crippen LogP contribution in [0.5, 0.6) is 0 Å². The first kappa shape index (κ1) is 36.7. The number of hydrogen-bond acceptors (Lipinski definition) is 4. The van der Waals surface area contributed by atoms with E-state index >= 15 is 4.79 Å². The van der Waals surface area contributed by atoms with Crippen molar-refractivity contribution >= 4 is 29.5 Å². The molecule has 0 heterocycles. The summed E-state index contributed by atoms with van der Waals surface area (Å²) in [6, 6.07) is 19.8. The summed E-state index contributed by atoms with van der Waals surface area (Å²) in [6.45, 7) is 6.23. The van der Waals surface area contributed by atoms with E-state index in [1.165, 1.54) is 43.5 Å². The Bertz CT molecular complexity index is 1770. The fraction of sp³-hybridized carbons (Fsp3) is 0.405. The molecule has 49 heavy (non-hydrogen) atoms. The Morgan fingerprint density at radius 3 is 1.82 bits per heavy atom. The van der Waals surface area contributed by atoms with Crippen molar-refractivity contribution in [3.63, 3.8) is 0 Å². The summed E-state index contributed by atoms with van der Waals surface area (Å²) in [5.41, 5.74) is 3.25. The number of ether oxygens (including phenoxy) is 1. The molecule has 1 N–H and O–H groups in total. The van der Waals surface area contributed by atoms with Gasteiger partial charge in [0.25, 0.3) is 0 Å². The zero-order valence-corrected chi connectivity index (χ0v) is 30.3. The van der Waals surface area contributed by atoms with Gasteiger partial charge in [-0.05, 0) is 109 Å². The molecule has 260 valence electrons. The number of ketones is 1. The number of unbranched alkanes of at least 4 members (excludes halogenated alkanes) is 3. The van der Waals surface area contributed by atoms with Gasteiger partial charge >= 0.3 is 5.97 Å². The minimum absolute atomic E-state index is 0.0644. The van der Waals surface area contributed by atoms with Crippen molar-refractivity contribution in [2.45, 2.75) is 84.2 Å². The van der Waals surface area contributed by atoms with Gasteiger partial charge in [-0.25, -0.2) is 13.6 Å². The van der Waals surface area contributed by atoms with Gasteiger partial charge < -0.3 is 9.84 Å². The minimum atomic E-state index is -2.26. The van der Waals surface area contributed by atoms with Crippen LogP contribution in [0.15, 0.2) is 89.5 Å². The van der Waals surface area contributed by atoms with E-state index in [2.05, 4.69) is 20.8 Å². The standard InChI is InChI=1S/C42H49F2O4P/c1-6-9-24-49(25-10-7-2,26-11-8-3)40-37(39(45)31-18-22-33(44)23-19-31)35(30-16-20-32(43)21-17-30)36-34(29-14-12-28(4)13-15-29)27-42(47,38(36)40)41(46)48-5/h12-23,34,47H,6-11,24-27H2,1-5H3/t34-,42-/m0/s1. The average molecular weight is 687 g/mol. The quantitative estimate of drug-likeness (QED) is 0.104. The highest BCUT2D eigenvalue weighted by molar-refractivity contribution is 7.77. The molecule has 0 bridgehead atoms. The third-order valence-electron chi connectivity index (χ3n) is 10.3. The van der Waals surface area contributed by atoms with Gasteiger partial charge in [-0.2, -0.15) is 0 Å². The highest BCUT2D eigenvalue weighted by Crippen LogP contribution is 2.64. The lowest BCUT2D eigenvalue weighted by atomic mass is 9.81. The molecule has 0 amide bonds. The molecular formula is C42H49F2O4P. The lowest BCUT2D eigenvalue weighted by molar-refractivity contribution is -0.157. The zero-order valence-electron chi connectivity index (χ0n) is 29.5. The molecule has 0 aromatic heterocycles. The topological polar surface area (TPSA) is 63.6 Å². The van der Waals surface area contributed by atoms with Gasteiger partial charge in [-0.15, -0.1) is 0 Å². The number of carbonyl (C=O) groups excluding carboxylic acids is 2. The molecule has 2 aliphatic carbocycles. The van der Waals surface area contributed by atoms with Gasteiger partial charge in [0, 0.05) is 29.0 Å². The predicted molar refractivity (Wildman–Crippen MR) is 198 cm³/mol. The molecule has 0 radical (unpaired) electrons. The van der Waals surface area contributed by atoms with Gasteiger partial charge in [0.2, 0.25) is 0 Å². The number of benzene rings is 3. The Morgan fingerprint density at radius 2 is 1.33 bits per heavy atom. The van der Waals surface area contributed by atoms with Gasteiger partial charge in [0.15, 0.2) is 11.4 Å². The minimum Gasteiger partial charge on any atom is -0.467 e. The van der Waals surface area contributed by atoms with Crippen LogP contribution in [0.25, 0.3) is 5.57 Å². The van der Waals surface area contributed by atoms with Crippen molar-refractivity contribution in [3.05, 3.63) is 123 Å². The summed E-state index contributed by atoms with van der Waals surface area (Å²) in [4.78, 5) is 29.2. The Labute approximate surface area is 290 Å². The molecule has 0 unspecified atom stereocenters. The lowest BCUT2D eigenvalue weighted by Crippen LogP contribution is -2.43. The van der Waals surface area contributed by atoms with E-state index in [0.717, 1.165) is 79.0 Å². The van der Waals surface area contributed by atoms with Crippen LogP contribution in [-0.4, -0.2) is 53.3 Å². The summed E-state index contributed by atoms with van der Waals surface area (Å²) in [5, 5.41) is 13.7. The molecule has 0 fully saturated rings. The number of carbonyl (C=O) groups is 2. The highest BCUT2D eigenvalue weighted by Gasteiger charge is 2.58. The summed E-state index contributed by atoms with van der Waals surface area (Å²) in [7, 11) is 1.29. The third-order valence-corrected chi connectivity index (χ3v) is 15.2. The van der Waals surface area contributed by atoms with Crippen LogP contribution in [-0.2, 0) is 9.53 Å². The molecule has 4 nitrogen and oxygen atoms in total. The lowest BCUT2D eigenvalue weighted by Gasteiger charge is -2.35. The average Bonchev–Trinajstić information content (AvgIpc) is 3.62. The molecule has 0 spiro atoms. The number of hydrogen-bond donors (Lipinski definition) is 1. The highest BCUT2D eigenvalue weighted by atomic mass is 31.2. The fourth-order valence-electron chi connectivity index (χ4n) is 7.75. The van der Waals surface area contributed by atoms with Gasteiger partial charge in [0.1, 0.15) is 11.6 Å². The number of aliphatic hydroxyl groups is 1. The van der Waals surface area contributed by atoms with Crippen molar-refractivity contribution in [2.24, 2.45) is 0 Å². The Hall–Kier alpha value is -3.60. The normalized spacial score (nSPS) is 19.1. The SMILES string of the molecule is CCCCP(CCCC)(CCCC)=C1C(C(=O)c2ccc(F)cc2)=C(c2ccc(F)cc2)C2=C1[C@](O)(C(=O)OC)C[C@H]2c1ccc(C)cc1. The number of methoxy groups -OCH3 is 1. The van der Waals surface area contributed by atoms with Crippen LogP contribution in [0.4, 0.5) is 8.78 Å². The largest absolute Gasteiger partial charge is 0.467 e. The summed E-state index contributed by atoms with van der Waals surface area (Å²) in [5.74, 6) is -2.34. The third kappa shape index (κ3) is 7.05. The van der Waals surface area contributed by atoms with E-state index < -0.39 is 36.0 Å². The van der Waals surface area contributed by atoms with E-state index in [1.54, 1.807) is 12.1 Å². The Morgan fingerprint density at radius 1 is 0.816 bits per heavy atom. The molecule has 0 saturated carbocycles. The second-order valence-electron chi connectivity index (χ2n) is 13.6. The van der Waals surface area contributed by atoms with E-state index in [0.29, 0.717) is 27.8 Å². The second-order valence-corrected chi connectivity index (χ2v) is 17.7. The summed E-state index contributed by atoms with van der Waals surface area (Å²) >= 11 is 0. The molecule has 2 atom stereocenters. The van der Waals surface area contributed by atoms with Crippen LogP contribution in [0.1, 0.15) is 98.7 Å². The molecule has 7 heteroatoms. The summed E-state index contributed by atoms with van der Waals surface area (Å²) < 4.78 is 34.1. The van der Waals surface area contributed by atoms with Crippen LogP contribution in [0, 0.1) is 18.6 Å². The molecular weight excluding hydrogens is 637 g/mol. The first-order valence-electron chi connectivity index (χ1n) is 17.7. The van der Waals surface area contributed by atoms with Crippen molar-refractivity contribution < 1.29 is 28.2 Å². The Kier molecular flexibility index (Phi) is 11.6. The van der Waals surface area contributed by atoms with Crippen molar-refractivity contribution in [1.82, 2.24) is 0 Å². The van der Waals surface area contributed by atoms with Crippen molar-refractivity contribution in [3.8, 4) is 0 Å². The van der Waals surface area contributed by atoms with E-state index in [-0.39, 0.29) is 12.2 Å². The second kappa shape index (κ2) is 15.5. The van der Waals surface area contributed by atoms with Crippen LogP contribution in [0.2, 0.25) is 0 Å². The predicted octanol–water partition coefficient (Wildman–Crippen LogP) is 9.90. The number of rotatable bonds is 14. The number of Topliss-reactive ketones (excluding diaryl/α,β-unsaturated/α-hetero) is 1.